The van der Waals surface area contributed by atoms with Gasteiger partial charge in [0.2, 0.25) is 16.8 Å². The molecule has 0 atom stereocenters. The van der Waals surface area contributed by atoms with Crippen molar-refractivity contribution in [1.29, 1.82) is 0 Å². The van der Waals surface area contributed by atoms with Gasteiger partial charge in [-0.3, -0.25) is 0 Å². The van der Waals surface area contributed by atoms with Gasteiger partial charge in [0.25, 0.3) is 0 Å². The number of ether oxygens (including phenoxy) is 2. The van der Waals surface area contributed by atoms with Gasteiger partial charge in [0, 0.05) is 32.0 Å². The van der Waals surface area contributed by atoms with Gasteiger partial charge in [-0.1, -0.05) is 29.4 Å². The normalized spacial score (nSPS) is 15.9. The number of piperidine rings is 1. The summed E-state index contributed by atoms with van der Waals surface area (Å²) in [6.07, 6.45) is 0.117. The lowest BCUT2D eigenvalue weighted by Gasteiger charge is -2.27. The highest BCUT2D eigenvalue weighted by Crippen LogP contribution is 2.35. The third-order valence-electron chi connectivity index (χ3n) is 5.91. The molecule has 3 aromatic rings. The van der Waals surface area contributed by atoms with Crippen molar-refractivity contribution >= 4 is 15.7 Å². The van der Waals surface area contributed by atoms with Crippen LogP contribution in [0.2, 0.25) is 0 Å². The standard InChI is InChI=1S/C25H22F2N2O5S/c26-19-5-1-17(2-6-19)25(18-3-7-20(27)8-4-18)34-28-21-11-13-29(14-12-21)35(30,31)22-9-10-23-24(15-22)33-16-32-23/h1-10,15,25H,11-14,16H2. The molecule has 0 aliphatic carbocycles. The topological polar surface area (TPSA) is 77.4 Å². The van der Waals surface area contributed by atoms with Crippen LogP contribution < -0.4 is 9.47 Å². The van der Waals surface area contributed by atoms with Crippen molar-refractivity contribution < 1.29 is 31.5 Å². The number of benzene rings is 3. The summed E-state index contributed by atoms with van der Waals surface area (Å²) in [4.78, 5) is 5.98. The largest absolute Gasteiger partial charge is 0.454 e. The molecule has 2 heterocycles. The van der Waals surface area contributed by atoms with Gasteiger partial charge in [-0.2, -0.15) is 4.31 Å². The number of hydrogen-bond acceptors (Lipinski definition) is 6. The van der Waals surface area contributed by atoms with E-state index in [1.807, 2.05) is 0 Å². The first-order valence-corrected chi connectivity index (χ1v) is 12.5. The van der Waals surface area contributed by atoms with E-state index in [1.165, 1.54) is 40.7 Å². The van der Waals surface area contributed by atoms with Crippen LogP contribution >= 0.6 is 0 Å². The molecule has 2 aliphatic rings. The van der Waals surface area contributed by atoms with Gasteiger partial charge >= 0.3 is 0 Å². The minimum absolute atomic E-state index is 0.0687. The van der Waals surface area contributed by atoms with Gasteiger partial charge in [-0.15, -0.1) is 0 Å². The van der Waals surface area contributed by atoms with Crippen LogP contribution in [0.4, 0.5) is 8.78 Å². The summed E-state index contributed by atoms with van der Waals surface area (Å²) in [5.74, 6) is 0.167. The van der Waals surface area contributed by atoms with Crippen LogP contribution in [0.25, 0.3) is 0 Å². The van der Waals surface area contributed by atoms with Gasteiger partial charge in [0.05, 0.1) is 10.6 Å². The van der Waals surface area contributed by atoms with Crippen LogP contribution in [-0.4, -0.2) is 38.3 Å². The molecule has 0 amide bonds. The maximum atomic E-state index is 13.4. The van der Waals surface area contributed by atoms with E-state index < -0.39 is 16.1 Å². The van der Waals surface area contributed by atoms with E-state index in [4.69, 9.17) is 14.3 Å². The quantitative estimate of drug-likeness (QED) is 0.461. The van der Waals surface area contributed by atoms with Crippen molar-refractivity contribution in [2.24, 2.45) is 5.16 Å². The summed E-state index contributed by atoms with van der Waals surface area (Å²) in [5.41, 5.74) is 2.02. The van der Waals surface area contributed by atoms with Crippen molar-refractivity contribution in [2.45, 2.75) is 23.8 Å². The van der Waals surface area contributed by atoms with Crippen molar-refractivity contribution in [2.75, 3.05) is 19.9 Å². The van der Waals surface area contributed by atoms with Crippen LogP contribution in [0.5, 0.6) is 11.5 Å². The molecular weight excluding hydrogens is 478 g/mol. The Labute approximate surface area is 201 Å². The Morgan fingerprint density at radius 1 is 0.829 bits per heavy atom. The third kappa shape index (κ3) is 4.98. The van der Waals surface area contributed by atoms with Gasteiger partial charge in [-0.25, -0.2) is 17.2 Å². The number of fused-ring (bicyclic) bond motifs is 1. The molecule has 35 heavy (non-hydrogen) atoms. The molecule has 0 spiro atoms. The summed E-state index contributed by atoms with van der Waals surface area (Å²) in [5, 5.41) is 4.29. The first-order chi connectivity index (χ1) is 16.9. The predicted octanol–water partition coefficient (Wildman–Crippen LogP) is 4.64. The molecule has 0 unspecified atom stereocenters. The molecule has 1 fully saturated rings. The third-order valence-corrected chi connectivity index (χ3v) is 7.81. The molecule has 0 radical (unpaired) electrons. The monoisotopic (exact) mass is 500 g/mol. The highest BCUT2D eigenvalue weighted by molar-refractivity contribution is 7.89. The Hall–Kier alpha value is -3.50. The van der Waals surface area contributed by atoms with E-state index >= 15 is 0 Å². The first kappa shape index (κ1) is 23.3. The molecule has 2 aliphatic heterocycles. The zero-order chi connectivity index (χ0) is 24.4. The molecule has 0 saturated carbocycles. The zero-order valence-corrected chi connectivity index (χ0v) is 19.4. The van der Waals surface area contributed by atoms with Gasteiger partial charge in [0.1, 0.15) is 11.6 Å². The van der Waals surface area contributed by atoms with Gasteiger partial charge in [-0.05, 0) is 47.5 Å². The first-order valence-electron chi connectivity index (χ1n) is 11.0. The lowest BCUT2D eigenvalue weighted by molar-refractivity contribution is 0.0855. The number of sulfonamides is 1. The number of halogens is 2. The SMILES string of the molecule is O=S(=O)(c1ccc2c(c1)OCO2)N1CCC(=NOC(c2ccc(F)cc2)c2ccc(F)cc2)CC1. The molecular formula is C25H22F2N2O5S. The molecule has 1 saturated heterocycles. The molecule has 0 aromatic heterocycles. The number of nitrogens with zero attached hydrogens (tertiary/aromatic N) is 2. The molecule has 10 heteroatoms. The molecule has 5 rings (SSSR count). The summed E-state index contributed by atoms with van der Waals surface area (Å²) in [7, 11) is -3.70. The molecule has 3 aromatic carbocycles. The number of hydrogen-bond donors (Lipinski definition) is 0. The minimum Gasteiger partial charge on any atom is -0.454 e. The Bertz CT molecular complexity index is 1290. The second-order valence-corrected chi connectivity index (χ2v) is 10.1. The fraction of sp³-hybridized carbons (Fsp3) is 0.240. The number of rotatable bonds is 6. The van der Waals surface area contributed by atoms with Crippen molar-refractivity contribution in [3.8, 4) is 11.5 Å². The molecule has 7 nitrogen and oxygen atoms in total. The second-order valence-electron chi connectivity index (χ2n) is 8.17. The lowest BCUT2D eigenvalue weighted by atomic mass is 10.0. The lowest BCUT2D eigenvalue weighted by Crippen LogP contribution is -2.38. The van der Waals surface area contributed by atoms with E-state index in [9.17, 15) is 17.2 Å². The zero-order valence-electron chi connectivity index (χ0n) is 18.6. The molecule has 0 bridgehead atoms. The minimum atomic E-state index is -3.70. The summed E-state index contributed by atoms with van der Waals surface area (Å²) in [6, 6.07) is 16.2. The predicted molar refractivity (Wildman–Crippen MR) is 124 cm³/mol. The highest BCUT2D eigenvalue weighted by Gasteiger charge is 2.30. The average Bonchev–Trinajstić information content (AvgIpc) is 3.35. The highest BCUT2D eigenvalue weighted by atomic mass is 32.2. The van der Waals surface area contributed by atoms with E-state index in [1.54, 1.807) is 30.3 Å². The van der Waals surface area contributed by atoms with E-state index in [2.05, 4.69) is 5.16 Å². The summed E-state index contributed by atoms with van der Waals surface area (Å²) >= 11 is 0. The van der Waals surface area contributed by atoms with Crippen molar-refractivity contribution in [1.82, 2.24) is 4.31 Å². The summed E-state index contributed by atoms with van der Waals surface area (Å²) in [6.45, 7) is 0.562. The maximum absolute atomic E-state index is 13.4. The Balaban J connectivity index is 1.29. The molecule has 0 N–H and O–H groups in total. The van der Waals surface area contributed by atoms with Crippen LogP contribution in [0, 0.1) is 11.6 Å². The Morgan fingerprint density at radius 2 is 1.40 bits per heavy atom. The Morgan fingerprint density at radius 3 is 2.00 bits per heavy atom. The second kappa shape index (κ2) is 9.63. The molecule has 182 valence electrons. The van der Waals surface area contributed by atoms with Crippen LogP contribution in [0.1, 0.15) is 30.1 Å². The van der Waals surface area contributed by atoms with E-state index in [0.29, 0.717) is 41.2 Å². The fourth-order valence-corrected chi connectivity index (χ4v) is 5.44. The van der Waals surface area contributed by atoms with Gasteiger partial charge in [0.15, 0.2) is 17.6 Å². The van der Waals surface area contributed by atoms with Crippen LogP contribution in [-0.2, 0) is 14.9 Å². The smallest absolute Gasteiger partial charge is 0.243 e. The van der Waals surface area contributed by atoms with Crippen LogP contribution in [0.15, 0.2) is 76.8 Å². The maximum Gasteiger partial charge on any atom is 0.243 e. The van der Waals surface area contributed by atoms with E-state index in [-0.39, 0.29) is 36.4 Å². The van der Waals surface area contributed by atoms with Crippen LogP contribution in [0.3, 0.4) is 0 Å². The summed E-state index contributed by atoms with van der Waals surface area (Å²) < 4.78 is 65.0. The van der Waals surface area contributed by atoms with Crippen molar-refractivity contribution in [3.63, 3.8) is 0 Å². The Kier molecular flexibility index (Phi) is 6.40. The average molecular weight is 501 g/mol. The fourth-order valence-electron chi connectivity index (χ4n) is 3.98. The number of oxime groups is 1. The van der Waals surface area contributed by atoms with Gasteiger partial charge < -0.3 is 14.3 Å². The van der Waals surface area contributed by atoms with E-state index in [0.717, 1.165) is 0 Å². The van der Waals surface area contributed by atoms with Crippen molar-refractivity contribution in [3.05, 3.63) is 89.5 Å².